The van der Waals surface area contributed by atoms with Crippen LogP contribution in [0.2, 0.25) is 0 Å². The van der Waals surface area contributed by atoms with Crippen LogP contribution < -0.4 is 0 Å². The number of carboxylic acids is 1. The second-order valence-corrected chi connectivity index (χ2v) is 7.22. The van der Waals surface area contributed by atoms with E-state index in [0.29, 0.717) is 5.92 Å². The number of carbonyl (C=O) groups is 1. The molecular formula is C16H31NO3. The second kappa shape index (κ2) is 7.41. The monoisotopic (exact) mass is 285 g/mol. The molecular weight excluding hydrogens is 254 g/mol. The summed E-state index contributed by atoms with van der Waals surface area (Å²) in [6, 6.07) is 0.155. The molecule has 0 saturated heterocycles. The Labute approximate surface area is 123 Å². The maximum Gasteiger partial charge on any atom is 0.308 e. The van der Waals surface area contributed by atoms with E-state index in [1.54, 1.807) is 7.11 Å². The molecule has 0 aromatic carbocycles. The Balaban J connectivity index is 2.70. The molecule has 0 bridgehead atoms. The van der Waals surface area contributed by atoms with Gasteiger partial charge in [-0.15, -0.1) is 0 Å². The van der Waals surface area contributed by atoms with Gasteiger partial charge in [0.2, 0.25) is 0 Å². The third-order valence-electron chi connectivity index (χ3n) is 4.78. The van der Waals surface area contributed by atoms with Crippen molar-refractivity contribution in [3.05, 3.63) is 0 Å². The third-order valence-corrected chi connectivity index (χ3v) is 4.78. The predicted molar refractivity (Wildman–Crippen MR) is 80.8 cm³/mol. The van der Waals surface area contributed by atoms with Crippen molar-refractivity contribution in [2.45, 2.75) is 52.5 Å². The normalized spacial score (nSPS) is 27.8. The van der Waals surface area contributed by atoms with Crippen LogP contribution >= 0.6 is 0 Å². The lowest BCUT2D eigenvalue weighted by Gasteiger charge is -2.44. The number of hydrogen-bond acceptors (Lipinski definition) is 3. The van der Waals surface area contributed by atoms with Crippen LogP contribution in [0.5, 0.6) is 0 Å². The maximum absolute atomic E-state index is 11.5. The van der Waals surface area contributed by atoms with Crippen LogP contribution in [0.3, 0.4) is 0 Å². The van der Waals surface area contributed by atoms with Crippen LogP contribution in [0.15, 0.2) is 0 Å². The molecule has 3 atom stereocenters. The fourth-order valence-corrected chi connectivity index (χ4v) is 3.33. The largest absolute Gasteiger partial charge is 0.481 e. The molecule has 1 aliphatic carbocycles. The molecule has 0 radical (unpaired) electrons. The first-order chi connectivity index (χ1) is 9.27. The predicted octanol–water partition coefficient (Wildman–Crippen LogP) is 2.87. The number of hydrogen-bond donors (Lipinski definition) is 1. The third kappa shape index (κ3) is 4.74. The summed E-state index contributed by atoms with van der Waals surface area (Å²) in [4.78, 5) is 13.7. The molecule has 1 aliphatic rings. The molecule has 1 fully saturated rings. The Morgan fingerprint density at radius 3 is 2.50 bits per heavy atom. The Bertz CT molecular complexity index is 311. The minimum absolute atomic E-state index is 0.155. The van der Waals surface area contributed by atoms with Gasteiger partial charge in [0.15, 0.2) is 0 Å². The van der Waals surface area contributed by atoms with Crippen molar-refractivity contribution in [3.63, 3.8) is 0 Å². The summed E-state index contributed by atoms with van der Waals surface area (Å²) in [6.07, 6.45) is 3.78. The molecule has 1 saturated carbocycles. The van der Waals surface area contributed by atoms with E-state index >= 15 is 0 Å². The SMILES string of the molecule is COCCCN(C)C1CC(C(C)(C)C)CCC1C(=O)O. The molecule has 0 amide bonds. The molecule has 0 aromatic rings. The van der Waals surface area contributed by atoms with Gasteiger partial charge in [0, 0.05) is 26.3 Å². The van der Waals surface area contributed by atoms with Gasteiger partial charge in [-0.1, -0.05) is 20.8 Å². The summed E-state index contributed by atoms with van der Waals surface area (Å²) in [7, 11) is 3.76. The summed E-state index contributed by atoms with van der Waals surface area (Å²) < 4.78 is 5.09. The molecule has 20 heavy (non-hydrogen) atoms. The summed E-state index contributed by atoms with van der Waals surface area (Å²) >= 11 is 0. The summed E-state index contributed by atoms with van der Waals surface area (Å²) in [6.45, 7) is 8.43. The van der Waals surface area contributed by atoms with E-state index in [1.165, 1.54) is 0 Å². The number of ether oxygens (including phenoxy) is 1. The van der Waals surface area contributed by atoms with Gasteiger partial charge in [0.25, 0.3) is 0 Å². The lowest BCUT2D eigenvalue weighted by atomic mass is 9.67. The molecule has 4 heteroatoms. The van der Waals surface area contributed by atoms with Crippen molar-refractivity contribution >= 4 is 5.97 Å². The van der Waals surface area contributed by atoms with E-state index in [9.17, 15) is 9.90 Å². The first kappa shape index (κ1) is 17.4. The van der Waals surface area contributed by atoms with Gasteiger partial charge in [0.1, 0.15) is 0 Å². The number of nitrogens with zero attached hydrogens (tertiary/aromatic N) is 1. The first-order valence-corrected chi connectivity index (χ1v) is 7.69. The lowest BCUT2D eigenvalue weighted by molar-refractivity contribution is -0.146. The Morgan fingerprint density at radius 2 is 2.00 bits per heavy atom. The van der Waals surface area contributed by atoms with Crippen molar-refractivity contribution in [2.24, 2.45) is 17.3 Å². The molecule has 0 aliphatic heterocycles. The van der Waals surface area contributed by atoms with Crippen molar-refractivity contribution in [1.82, 2.24) is 4.90 Å². The summed E-state index contributed by atoms with van der Waals surface area (Å²) in [5.74, 6) is -0.255. The van der Waals surface area contributed by atoms with Crippen LogP contribution in [-0.2, 0) is 9.53 Å². The van der Waals surface area contributed by atoms with Gasteiger partial charge >= 0.3 is 5.97 Å². The molecule has 118 valence electrons. The van der Waals surface area contributed by atoms with E-state index in [4.69, 9.17) is 4.74 Å². The van der Waals surface area contributed by atoms with E-state index in [1.807, 2.05) is 0 Å². The molecule has 4 nitrogen and oxygen atoms in total. The van der Waals surface area contributed by atoms with Gasteiger partial charge < -0.3 is 14.7 Å². The van der Waals surface area contributed by atoms with Crippen molar-refractivity contribution < 1.29 is 14.6 Å². The minimum atomic E-state index is -0.638. The standard InChI is InChI=1S/C16H31NO3/c1-16(2,3)12-7-8-13(15(18)19)14(11-12)17(4)9-6-10-20-5/h12-14H,6-11H2,1-5H3,(H,18,19). The zero-order chi connectivity index (χ0) is 15.3. The highest BCUT2D eigenvalue weighted by atomic mass is 16.5. The summed E-state index contributed by atoms with van der Waals surface area (Å²) in [5, 5.41) is 9.47. The molecule has 0 aromatic heterocycles. The number of rotatable bonds is 6. The van der Waals surface area contributed by atoms with Crippen LogP contribution in [-0.4, -0.2) is 49.3 Å². The van der Waals surface area contributed by atoms with E-state index in [0.717, 1.165) is 38.8 Å². The summed E-state index contributed by atoms with van der Waals surface area (Å²) in [5.41, 5.74) is 0.259. The Morgan fingerprint density at radius 1 is 1.35 bits per heavy atom. The van der Waals surface area contributed by atoms with Crippen molar-refractivity contribution in [3.8, 4) is 0 Å². The van der Waals surface area contributed by atoms with Crippen molar-refractivity contribution in [1.29, 1.82) is 0 Å². The van der Waals surface area contributed by atoms with E-state index < -0.39 is 5.97 Å². The fraction of sp³-hybridized carbons (Fsp3) is 0.938. The highest BCUT2D eigenvalue weighted by molar-refractivity contribution is 5.71. The number of carboxylic acid groups (broad SMARTS) is 1. The fourth-order valence-electron chi connectivity index (χ4n) is 3.33. The Hall–Kier alpha value is -0.610. The van der Waals surface area contributed by atoms with Crippen LogP contribution in [0, 0.1) is 17.3 Å². The average molecular weight is 285 g/mol. The molecule has 3 unspecified atom stereocenters. The van der Waals surface area contributed by atoms with Crippen molar-refractivity contribution in [2.75, 3.05) is 27.3 Å². The maximum atomic E-state index is 11.5. The van der Waals surface area contributed by atoms with Gasteiger partial charge in [0.05, 0.1) is 5.92 Å². The first-order valence-electron chi connectivity index (χ1n) is 7.69. The highest BCUT2D eigenvalue weighted by Gasteiger charge is 2.40. The van der Waals surface area contributed by atoms with Crippen LogP contribution in [0.25, 0.3) is 0 Å². The molecule has 1 N–H and O–H groups in total. The minimum Gasteiger partial charge on any atom is -0.481 e. The Kier molecular flexibility index (Phi) is 6.46. The highest BCUT2D eigenvalue weighted by Crippen LogP contribution is 2.41. The molecule has 0 heterocycles. The van der Waals surface area contributed by atoms with Crippen LogP contribution in [0.1, 0.15) is 46.5 Å². The van der Waals surface area contributed by atoms with Crippen LogP contribution in [0.4, 0.5) is 0 Å². The van der Waals surface area contributed by atoms with Gasteiger partial charge in [-0.25, -0.2) is 0 Å². The number of methoxy groups -OCH3 is 1. The zero-order valence-corrected chi connectivity index (χ0v) is 13.7. The molecule has 0 spiro atoms. The van der Waals surface area contributed by atoms with E-state index in [2.05, 4.69) is 32.7 Å². The molecule has 1 rings (SSSR count). The van der Waals surface area contributed by atoms with Gasteiger partial charge in [-0.3, -0.25) is 4.79 Å². The van der Waals surface area contributed by atoms with Gasteiger partial charge in [-0.05, 0) is 44.1 Å². The smallest absolute Gasteiger partial charge is 0.308 e. The average Bonchev–Trinajstić information content (AvgIpc) is 2.37. The topological polar surface area (TPSA) is 49.8 Å². The van der Waals surface area contributed by atoms with Gasteiger partial charge in [-0.2, -0.15) is 0 Å². The zero-order valence-electron chi connectivity index (χ0n) is 13.7. The lowest BCUT2D eigenvalue weighted by Crippen LogP contribution is -2.47. The second-order valence-electron chi connectivity index (χ2n) is 7.22. The number of aliphatic carboxylic acids is 1. The quantitative estimate of drug-likeness (QED) is 0.762. The van der Waals surface area contributed by atoms with E-state index in [-0.39, 0.29) is 17.4 Å².